The summed E-state index contributed by atoms with van der Waals surface area (Å²) in [5.41, 5.74) is 2.21. The van der Waals surface area contributed by atoms with E-state index in [2.05, 4.69) is 11.0 Å². The first-order chi connectivity index (χ1) is 13.0. The fraction of sp³-hybridized carbons (Fsp3) is 0.286. The zero-order valence-electron chi connectivity index (χ0n) is 16.6. The van der Waals surface area contributed by atoms with Crippen LogP contribution in [0.25, 0.3) is 16.0 Å². The quantitative estimate of drug-likeness (QED) is 0.519. The highest BCUT2D eigenvalue weighted by Gasteiger charge is 2.19. The van der Waals surface area contributed by atoms with Crippen LogP contribution in [-0.2, 0) is 0 Å². The van der Waals surface area contributed by atoms with Gasteiger partial charge in [-0.1, -0.05) is 32.6 Å². The van der Waals surface area contributed by atoms with E-state index in [9.17, 15) is 4.39 Å². The summed E-state index contributed by atoms with van der Waals surface area (Å²) in [6.45, 7) is 9.65. The lowest BCUT2D eigenvalue weighted by Gasteiger charge is -2.14. The van der Waals surface area contributed by atoms with Crippen molar-refractivity contribution in [3.8, 4) is 27.7 Å². The molecule has 146 valence electrons. The van der Waals surface area contributed by atoms with Gasteiger partial charge in [0.25, 0.3) is 0 Å². The Morgan fingerprint density at radius 1 is 1.11 bits per heavy atom. The molecule has 0 saturated heterocycles. The molecular formula is C21H26FNO3S. The molecule has 0 fully saturated rings. The molecule has 0 atom stereocenters. The fourth-order valence-electron chi connectivity index (χ4n) is 2.25. The van der Waals surface area contributed by atoms with E-state index in [0.717, 1.165) is 16.0 Å². The normalized spacial score (nSPS) is 11.0. The zero-order chi connectivity index (χ0) is 20.4. The number of hydrogen-bond donors (Lipinski definition) is 0. The summed E-state index contributed by atoms with van der Waals surface area (Å²) in [6, 6.07) is 3.60. The first kappa shape index (κ1) is 22.4. The van der Waals surface area contributed by atoms with E-state index >= 15 is 0 Å². The molecule has 4 nitrogen and oxygen atoms in total. The van der Waals surface area contributed by atoms with Crippen molar-refractivity contribution in [3.05, 3.63) is 54.5 Å². The number of aromatic nitrogens is 1. The molecule has 0 radical (unpaired) electrons. The molecule has 0 amide bonds. The molecule has 1 aromatic carbocycles. The highest BCUT2D eigenvalue weighted by molar-refractivity contribution is 7.10. The average Bonchev–Trinajstić information content (AvgIpc) is 3.21. The van der Waals surface area contributed by atoms with Gasteiger partial charge in [-0.2, -0.15) is 4.37 Å². The number of hydrogen-bond acceptors (Lipinski definition) is 5. The predicted molar refractivity (Wildman–Crippen MR) is 112 cm³/mol. The maximum Gasteiger partial charge on any atom is 0.169 e. The van der Waals surface area contributed by atoms with Crippen LogP contribution in [0.5, 0.6) is 17.2 Å². The van der Waals surface area contributed by atoms with Crippen molar-refractivity contribution in [2.24, 2.45) is 0 Å². The Morgan fingerprint density at radius 3 is 2.37 bits per heavy atom. The van der Waals surface area contributed by atoms with Gasteiger partial charge in [-0.3, -0.25) is 0 Å². The molecule has 0 spiro atoms. The molecule has 0 unspecified atom stereocenters. The molecule has 1 aromatic heterocycles. The molecule has 2 rings (SSSR count). The minimum absolute atomic E-state index is 0.327. The van der Waals surface area contributed by atoms with Gasteiger partial charge in [-0.05, 0) is 36.2 Å². The average molecular weight is 392 g/mol. The second kappa shape index (κ2) is 11.2. The predicted octanol–water partition coefficient (Wildman–Crippen LogP) is 6.30. The Labute approximate surface area is 164 Å². The van der Waals surface area contributed by atoms with Crippen molar-refractivity contribution in [1.29, 1.82) is 0 Å². The smallest absolute Gasteiger partial charge is 0.169 e. The van der Waals surface area contributed by atoms with Crippen LogP contribution in [0.2, 0.25) is 0 Å². The van der Waals surface area contributed by atoms with Gasteiger partial charge in [-0.15, -0.1) is 0 Å². The molecule has 1 heterocycles. The SMILES string of the molecule is C=C(/C=C\C(F)=C/C)c1cnsc1-c1cc(OC)cc(OC)c1OC.CC. The molecule has 0 N–H and O–H groups in total. The monoisotopic (exact) mass is 391 g/mol. The molecule has 6 heteroatoms. The van der Waals surface area contributed by atoms with Crippen LogP contribution in [0.4, 0.5) is 4.39 Å². The van der Waals surface area contributed by atoms with Crippen molar-refractivity contribution in [2.45, 2.75) is 20.8 Å². The molecule has 2 aromatic rings. The number of allylic oxidation sites excluding steroid dienone is 5. The summed E-state index contributed by atoms with van der Waals surface area (Å²) in [5, 5.41) is 0. The van der Waals surface area contributed by atoms with Gasteiger partial charge in [0.2, 0.25) is 0 Å². The summed E-state index contributed by atoms with van der Waals surface area (Å²) in [7, 11) is 4.72. The molecule has 0 saturated carbocycles. The Kier molecular flexibility index (Phi) is 9.30. The topological polar surface area (TPSA) is 40.6 Å². The lowest BCUT2D eigenvalue weighted by atomic mass is 10.0. The van der Waals surface area contributed by atoms with Crippen LogP contribution in [-0.4, -0.2) is 25.7 Å². The summed E-state index contributed by atoms with van der Waals surface area (Å²) in [6.07, 6.45) is 6.07. The summed E-state index contributed by atoms with van der Waals surface area (Å²) < 4.78 is 33.9. The van der Waals surface area contributed by atoms with Gasteiger partial charge in [0.1, 0.15) is 11.6 Å². The Bertz CT molecular complexity index is 825. The van der Waals surface area contributed by atoms with E-state index in [4.69, 9.17) is 14.2 Å². The second-order valence-electron chi connectivity index (χ2n) is 5.01. The molecule has 27 heavy (non-hydrogen) atoms. The highest BCUT2D eigenvalue weighted by Crippen LogP contribution is 2.45. The lowest BCUT2D eigenvalue weighted by Crippen LogP contribution is -1.95. The van der Waals surface area contributed by atoms with Crippen LogP contribution in [0.15, 0.2) is 49.0 Å². The Morgan fingerprint density at radius 2 is 1.81 bits per heavy atom. The molecular weight excluding hydrogens is 365 g/mol. The van der Waals surface area contributed by atoms with E-state index in [-0.39, 0.29) is 5.83 Å². The Balaban J connectivity index is 0.00000176. The number of rotatable bonds is 7. The summed E-state index contributed by atoms with van der Waals surface area (Å²) >= 11 is 1.29. The maximum atomic E-state index is 13.3. The van der Waals surface area contributed by atoms with E-state index in [1.54, 1.807) is 46.6 Å². The second-order valence-corrected chi connectivity index (χ2v) is 5.81. The van der Waals surface area contributed by atoms with Crippen molar-refractivity contribution in [1.82, 2.24) is 4.37 Å². The van der Waals surface area contributed by atoms with E-state index < -0.39 is 0 Å². The van der Waals surface area contributed by atoms with Gasteiger partial charge < -0.3 is 14.2 Å². The van der Waals surface area contributed by atoms with Gasteiger partial charge in [0.05, 0.1) is 26.2 Å². The molecule has 0 bridgehead atoms. The minimum Gasteiger partial charge on any atom is -0.497 e. The van der Waals surface area contributed by atoms with Crippen LogP contribution in [0.1, 0.15) is 26.3 Å². The maximum absolute atomic E-state index is 13.3. The molecule has 0 aliphatic heterocycles. The molecule has 0 aliphatic carbocycles. The largest absolute Gasteiger partial charge is 0.497 e. The number of methoxy groups -OCH3 is 3. The van der Waals surface area contributed by atoms with Gasteiger partial charge >= 0.3 is 0 Å². The van der Waals surface area contributed by atoms with E-state index in [1.807, 2.05) is 19.9 Å². The third-order valence-corrected chi connectivity index (χ3v) is 4.40. The van der Waals surface area contributed by atoms with Crippen LogP contribution in [0, 0.1) is 0 Å². The summed E-state index contributed by atoms with van der Waals surface area (Å²) in [4.78, 5) is 0.838. The number of benzene rings is 1. The number of nitrogens with zero attached hydrogens (tertiary/aromatic N) is 1. The zero-order valence-corrected chi connectivity index (χ0v) is 17.4. The summed E-state index contributed by atoms with van der Waals surface area (Å²) in [5.74, 6) is 1.43. The lowest BCUT2D eigenvalue weighted by molar-refractivity contribution is 0.350. The van der Waals surface area contributed by atoms with Gasteiger partial charge in [0.15, 0.2) is 11.5 Å². The molecule has 0 aliphatic rings. The first-order valence-corrected chi connectivity index (χ1v) is 9.27. The minimum atomic E-state index is -0.327. The van der Waals surface area contributed by atoms with Crippen LogP contribution < -0.4 is 14.2 Å². The number of halogens is 1. The van der Waals surface area contributed by atoms with Crippen molar-refractivity contribution in [2.75, 3.05) is 21.3 Å². The van der Waals surface area contributed by atoms with Gasteiger partial charge in [-0.25, -0.2) is 4.39 Å². The van der Waals surface area contributed by atoms with Crippen LogP contribution >= 0.6 is 11.5 Å². The highest BCUT2D eigenvalue weighted by atomic mass is 32.1. The third-order valence-electron chi connectivity index (χ3n) is 3.57. The van der Waals surface area contributed by atoms with E-state index in [0.29, 0.717) is 22.8 Å². The van der Waals surface area contributed by atoms with Crippen LogP contribution in [0.3, 0.4) is 0 Å². The Hall–Kier alpha value is -2.60. The van der Waals surface area contributed by atoms with E-state index in [1.165, 1.54) is 23.7 Å². The van der Waals surface area contributed by atoms with Crippen molar-refractivity contribution >= 4 is 17.1 Å². The van der Waals surface area contributed by atoms with Gasteiger partial charge in [0, 0.05) is 23.4 Å². The fourth-order valence-corrected chi connectivity index (χ4v) is 3.05. The third kappa shape index (κ3) is 5.44. The van der Waals surface area contributed by atoms with Crippen molar-refractivity contribution < 1.29 is 18.6 Å². The van der Waals surface area contributed by atoms with Crippen molar-refractivity contribution in [3.63, 3.8) is 0 Å². The first-order valence-electron chi connectivity index (χ1n) is 8.49. The number of ether oxygens (including phenoxy) is 3. The standard InChI is InChI=1S/C19H20FNO3S.C2H6/c1-6-13(20)8-7-12(2)16-11-21-25-19(16)15-9-14(22-3)10-17(23-4)18(15)24-5;1-2/h6-11H,2H2,1,3-5H3;1-2H3/b8-7-,13-6+;.